The Morgan fingerprint density at radius 1 is 1.24 bits per heavy atom. The van der Waals surface area contributed by atoms with Gasteiger partial charge in [0.2, 0.25) is 0 Å². The largest absolute Gasteiger partial charge is 0.507 e. The van der Waals surface area contributed by atoms with Crippen LogP contribution in [0.25, 0.3) is 6.08 Å². The van der Waals surface area contributed by atoms with Gasteiger partial charge in [-0.2, -0.15) is 0 Å². The topological polar surface area (TPSA) is 57.6 Å². The zero-order valence-electron chi connectivity index (χ0n) is 12.5. The lowest BCUT2D eigenvalue weighted by molar-refractivity contribution is -0.123. The number of thioether (sulfide) groups is 1. The van der Waals surface area contributed by atoms with Crippen molar-refractivity contribution in [2.24, 2.45) is 0 Å². The number of phenols is 1. The summed E-state index contributed by atoms with van der Waals surface area (Å²) < 4.78 is 13.8. The predicted molar refractivity (Wildman–Crippen MR) is 104 cm³/mol. The lowest BCUT2D eigenvalue weighted by atomic mass is 10.2. The Kier molecular flexibility index (Phi) is 5.35. The lowest BCUT2D eigenvalue weighted by Crippen LogP contribution is -2.27. The average molecular weight is 490 g/mol. The fourth-order valence-electron chi connectivity index (χ4n) is 2.22. The van der Waals surface area contributed by atoms with E-state index in [4.69, 9.17) is 11.6 Å². The molecular weight excluding hydrogens is 480 g/mol. The third kappa shape index (κ3) is 3.99. The summed E-state index contributed by atoms with van der Waals surface area (Å²) in [5.74, 6) is -0.764. The van der Waals surface area contributed by atoms with Crippen molar-refractivity contribution in [2.75, 3.05) is 0 Å². The number of aromatic hydroxyl groups is 1. The Balaban J connectivity index is 1.84. The molecular formula is C17H10ClFINO3S. The van der Waals surface area contributed by atoms with Crippen LogP contribution in [-0.4, -0.2) is 21.2 Å². The third-order valence-corrected chi connectivity index (χ3v) is 5.61. The van der Waals surface area contributed by atoms with Crippen molar-refractivity contribution in [3.63, 3.8) is 0 Å². The van der Waals surface area contributed by atoms with E-state index in [1.54, 1.807) is 18.2 Å². The fraction of sp³-hybridized carbons (Fsp3) is 0.0588. The molecule has 1 heterocycles. The number of nitrogens with zero attached hydrogens (tertiary/aromatic N) is 1. The van der Waals surface area contributed by atoms with E-state index in [0.717, 1.165) is 22.7 Å². The Morgan fingerprint density at radius 2 is 2.00 bits per heavy atom. The highest BCUT2D eigenvalue weighted by Crippen LogP contribution is 2.34. The number of hydrogen-bond donors (Lipinski definition) is 1. The first-order valence-electron chi connectivity index (χ1n) is 7.03. The van der Waals surface area contributed by atoms with Gasteiger partial charge in [-0.1, -0.05) is 23.7 Å². The van der Waals surface area contributed by atoms with Crippen molar-refractivity contribution >= 4 is 63.2 Å². The first-order valence-corrected chi connectivity index (χ1v) is 9.30. The van der Waals surface area contributed by atoms with Gasteiger partial charge in [-0.15, -0.1) is 0 Å². The smallest absolute Gasteiger partial charge is 0.293 e. The maximum absolute atomic E-state index is 13.1. The van der Waals surface area contributed by atoms with Crippen LogP contribution in [0.4, 0.5) is 9.18 Å². The van der Waals surface area contributed by atoms with Crippen molar-refractivity contribution in [1.82, 2.24) is 4.90 Å². The number of carbonyl (C=O) groups excluding carboxylic acids is 2. The van der Waals surface area contributed by atoms with Crippen LogP contribution in [0.15, 0.2) is 41.3 Å². The van der Waals surface area contributed by atoms with Gasteiger partial charge >= 0.3 is 0 Å². The van der Waals surface area contributed by atoms with Gasteiger partial charge in [-0.3, -0.25) is 14.5 Å². The summed E-state index contributed by atoms with van der Waals surface area (Å²) in [6.45, 7) is -0.0196. The Bertz CT molecular complexity index is 919. The molecule has 4 nitrogen and oxygen atoms in total. The summed E-state index contributed by atoms with van der Waals surface area (Å²) in [5.41, 5.74) is 1.19. The number of amides is 2. The molecule has 1 aliphatic rings. The highest BCUT2D eigenvalue weighted by atomic mass is 127. The van der Waals surface area contributed by atoms with Gasteiger partial charge in [0.1, 0.15) is 11.6 Å². The summed E-state index contributed by atoms with van der Waals surface area (Å²) in [7, 11) is 0. The van der Waals surface area contributed by atoms with E-state index in [-0.39, 0.29) is 22.2 Å². The molecule has 0 radical (unpaired) electrons. The van der Waals surface area contributed by atoms with Crippen LogP contribution >= 0.6 is 46.0 Å². The molecule has 0 bridgehead atoms. The molecule has 0 aliphatic carbocycles. The molecule has 0 saturated carbocycles. The van der Waals surface area contributed by atoms with E-state index in [1.165, 1.54) is 18.2 Å². The van der Waals surface area contributed by atoms with Gasteiger partial charge in [0.15, 0.2) is 0 Å². The zero-order chi connectivity index (χ0) is 18.1. The molecule has 2 aromatic rings. The molecule has 0 unspecified atom stereocenters. The standard InChI is InChI=1S/C17H10ClFINO3S/c18-12-7-11(19)3-2-10(12)8-21-16(23)15(25-17(21)24)6-9-1-4-14(22)13(20)5-9/h1-7,22H,8H2. The minimum Gasteiger partial charge on any atom is -0.507 e. The molecule has 8 heteroatoms. The number of hydrogen-bond acceptors (Lipinski definition) is 4. The third-order valence-electron chi connectivity index (χ3n) is 3.49. The molecule has 25 heavy (non-hydrogen) atoms. The Hall–Kier alpha value is -1.58. The van der Waals surface area contributed by atoms with Gasteiger partial charge in [0.25, 0.3) is 11.1 Å². The van der Waals surface area contributed by atoms with Crippen LogP contribution in [-0.2, 0) is 11.3 Å². The van der Waals surface area contributed by atoms with E-state index < -0.39 is 17.0 Å². The molecule has 1 saturated heterocycles. The number of carbonyl (C=O) groups is 2. The molecule has 2 aromatic carbocycles. The summed E-state index contributed by atoms with van der Waals surface area (Å²) in [6.07, 6.45) is 1.60. The highest BCUT2D eigenvalue weighted by Gasteiger charge is 2.35. The van der Waals surface area contributed by atoms with Crippen molar-refractivity contribution in [1.29, 1.82) is 0 Å². The normalized spacial score (nSPS) is 16.1. The van der Waals surface area contributed by atoms with Crippen LogP contribution in [0, 0.1) is 9.39 Å². The average Bonchev–Trinajstić information content (AvgIpc) is 2.81. The monoisotopic (exact) mass is 489 g/mol. The molecule has 1 N–H and O–H groups in total. The van der Waals surface area contributed by atoms with E-state index in [2.05, 4.69) is 0 Å². The predicted octanol–water partition coefficient (Wildman–Crippen LogP) is 5.03. The van der Waals surface area contributed by atoms with Gasteiger partial charge in [-0.05, 0) is 75.8 Å². The molecule has 3 rings (SSSR count). The fourth-order valence-corrected chi connectivity index (χ4v) is 3.83. The van der Waals surface area contributed by atoms with Gasteiger partial charge in [0.05, 0.1) is 15.0 Å². The molecule has 0 atom stereocenters. The minimum absolute atomic E-state index is 0.0196. The first-order chi connectivity index (χ1) is 11.8. The zero-order valence-corrected chi connectivity index (χ0v) is 16.2. The molecule has 1 fully saturated rings. The van der Waals surface area contributed by atoms with Crippen LogP contribution in [0.1, 0.15) is 11.1 Å². The minimum atomic E-state index is -0.482. The second-order valence-corrected chi connectivity index (χ2v) is 7.78. The van der Waals surface area contributed by atoms with Crippen molar-refractivity contribution in [3.05, 3.63) is 66.8 Å². The van der Waals surface area contributed by atoms with Crippen LogP contribution < -0.4 is 0 Å². The van der Waals surface area contributed by atoms with Gasteiger partial charge in [-0.25, -0.2) is 4.39 Å². The van der Waals surface area contributed by atoms with Crippen LogP contribution in [0.3, 0.4) is 0 Å². The number of halogens is 3. The Labute approximate surface area is 165 Å². The molecule has 0 spiro atoms. The summed E-state index contributed by atoms with van der Waals surface area (Å²) in [5, 5.41) is 9.30. The molecule has 0 aromatic heterocycles. The van der Waals surface area contributed by atoms with Crippen molar-refractivity contribution in [2.45, 2.75) is 6.54 Å². The van der Waals surface area contributed by atoms with Crippen molar-refractivity contribution < 1.29 is 19.1 Å². The van der Waals surface area contributed by atoms with Gasteiger partial charge in [0, 0.05) is 5.02 Å². The second kappa shape index (κ2) is 7.35. The van der Waals surface area contributed by atoms with E-state index >= 15 is 0 Å². The molecule has 2 amide bonds. The highest BCUT2D eigenvalue weighted by molar-refractivity contribution is 14.1. The molecule has 1 aliphatic heterocycles. The maximum Gasteiger partial charge on any atom is 0.293 e. The number of imide groups is 1. The lowest BCUT2D eigenvalue weighted by Gasteiger charge is -2.13. The number of benzene rings is 2. The van der Waals surface area contributed by atoms with Gasteiger partial charge < -0.3 is 5.11 Å². The number of phenolic OH excluding ortho intramolecular Hbond substituents is 1. The summed E-state index contributed by atoms with van der Waals surface area (Å²) in [4.78, 5) is 26.0. The SMILES string of the molecule is O=C1SC(=Cc2ccc(O)c(I)c2)C(=O)N1Cc1ccc(F)cc1Cl. The maximum atomic E-state index is 13.1. The van der Waals surface area contributed by atoms with Crippen LogP contribution in [0.2, 0.25) is 5.02 Å². The summed E-state index contributed by atoms with van der Waals surface area (Å²) >= 11 is 8.78. The van der Waals surface area contributed by atoms with E-state index in [1.807, 2.05) is 22.6 Å². The van der Waals surface area contributed by atoms with E-state index in [0.29, 0.717) is 14.7 Å². The second-order valence-electron chi connectivity index (χ2n) is 5.21. The van der Waals surface area contributed by atoms with E-state index in [9.17, 15) is 19.1 Å². The van der Waals surface area contributed by atoms with Crippen molar-refractivity contribution in [3.8, 4) is 5.75 Å². The van der Waals surface area contributed by atoms with Crippen LogP contribution in [0.5, 0.6) is 5.75 Å². The summed E-state index contributed by atoms with van der Waals surface area (Å²) in [6, 6.07) is 8.71. The quantitative estimate of drug-likeness (QED) is 0.486. The molecule has 128 valence electrons. The Morgan fingerprint density at radius 3 is 2.68 bits per heavy atom. The number of rotatable bonds is 3. The first kappa shape index (κ1) is 18.2.